The Bertz CT molecular complexity index is 82.1. The van der Waals surface area contributed by atoms with E-state index < -0.39 is 0 Å². The molecular weight excluding hydrogens is 240 g/mol. The van der Waals surface area contributed by atoms with Gasteiger partial charge < -0.3 is 9.96 Å². The molecule has 0 aromatic carbocycles. The molecule has 60 valence electrons. The van der Waals surface area contributed by atoms with Crippen molar-refractivity contribution in [3.8, 4) is 0 Å². The fourth-order valence-corrected chi connectivity index (χ4v) is 0.806. The predicted molar refractivity (Wildman–Crippen MR) is 55.2 cm³/mol. The van der Waals surface area contributed by atoms with Crippen LogP contribution in [0.4, 0.5) is 0 Å². The van der Waals surface area contributed by atoms with Crippen molar-refractivity contribution in [2.45, 2.75) is 30.4 Å². The van der Waals surface area contributed by atoms with Crippen molar-refractivity contribution in [3.63, 3.8) is 0 Å². The van der Waals surface area contributed by atoms with Crippen molar-refractivity contribution in [1.29, 1.82) is 0 Å². The Balaban J connectivity index is 3.03. The van der Waals surface area contributed by atoms with Crippen molar-refractivity contribution in [3.05, 3.63) is 0 Å². The van der Waals surface area contributed by atoms with E-state index >= 15 is 0 Å². The normalized spacial score (nSPS) is 16.7. The second-order valence-electron chi connectivity index (χ2n) is 2.39. The molecule has 4 heteroatoms. The molecule has 2 unspecified atom stereocenters. The van der Waals surface area contributed by atoms with Gasteiger partial charge in [0, 0.05) is 6.61 Å². The Morgan fingerprint density at radius 2 is 2.20 bits per heavy atom. The summed E-state index contributed by atoms with van der Waals surface area (Å²) in [5.41, 5.74) is 0. The maximum Gasteiger partial charge on any atom is 0.182 e. The lowest BCUT2D eigenvalue weighted by Gasteiger charge is -2.11. The Labute approximate surface area is 77.7 Å². The standard InChI is InChI=1S/C6H15BINO/c1-5(9-7)3-4-10-6(2)8/h5-6,9H,3-4,7H2,1-2H3. The van der Waals surface area contributed by atoms with Gasteiger partial charge in [0.2, 0.25) is 0 Å². The third kappa shape index (κ3) is 6.83. The Morgan fingerprint density at radius 1 is 1.60 bits per heavy atom. The van der Waals surface area contributed by atoms with Crippen LogP contribution in [0.2, 0.25) is 0 Å². The maximum atomic E-state index is 5.36. The van der Waals surface area contributed by atoms with Crippen molar-refractivity contribution >= 4 is 30.6 Å². The molecule has 1 N–H and O–H groups in total. The first-order valence-corrected chi connectivity index (χ1v) is 4.84. The van der Waals surface area contributed by atoms with Gasteiger partial charge in [-0.15, -0.1) is 0 Å². The van der Waals surface area contributed by atoms with Crippen molar-refractivity contribution < 1.29 is 4.74 Å². The monoisotopic (exact) mass is 255 g/mol. The SMILES string of the molecule is BNC(C)CCOC(C)I. The summed E-state index contributed by atoms with van der Waals surface area (Å²) in [6.07, 6.45) is 1.09. The summed E-state index contributed by atoms with van der Waals surface area (Å²) in [6, 6.07) is 0.565. The zero-order chi connectivity index (χ0) is 7.98. The number of hydrogen-bond acceptors (Lipinski definition) is 2. The molecule has 10 heavy (non-hydrogen) atoms. The molecule has 0 rings (SSSR count). The molecule has 0 aromatic heterocycles. The summed E-state index contributed by atoms with van der Waals surface area (Å²) in [7, 11) is 1.97. The van der Waals surface area contributed by atoms with Gasteiger partial charge in [0.15, 0.2) is 7.98 Å². The van der Waals surface area contributed by atoms with E-state index in [4.69, 9.17) is 4.74 Å². The average Bonchev–Trinajstić information content (AvgIpc) is 1.87. The molecule has 0 aromatic rings. The molecule has 0 saturated heterocycles. The Hall–Kier alpha value is 0.715. The number of nitrogens with one attached hydrogen (secondary N) is 1. The third-order valence-corrected chi connectivity index (χ3v) is 1.75. The number of hydrogen-bond donors (Lipinski definition) is 1. The summed E-state index contributed by atoms with van der Waals surface area (Å²) in [4.78, 5) is 0. The molecule has 0 fully saturated rings. The lowest BCUT2D eigenvalue weighted by Crippen LogP contribution is -2.24. The topological polar surface area (TPSA) is 21.3 Å². The summed E-state index contributed by atoms with van der Waals surface area (Å²) in [5, 5.41) is 3.16. The number of alkyl halides is 1. The van der Waals surface area contributed by atoms with E-state index in [9.17, 15) is 0 Å². The van der Waals surface area contributed by atoms with Crippen LogP contribution in [0.5, 0.6) is 0 Å². The minimum absolute atomic E-state index is 0.335. The second kappa shape index (κ2) is 6.43. The van der Waals surface area contributed by atoms with Gasteiger partial charge in [-0.3, -0.25) is 0 Å². The van der Waals surface area contributed by atoms with Gasteiger partial charge in [-0.25, -0.2) is 0 Å². The molecule has 0 saturated carbocycles. The molecule has 0 aliphatic rings. The fraction of sp³-hybridized carbons (Fsp3) is 1.00. The highest BCUT2D eigenvalue weighted by Crippen LogP contribution is 2.01. The van der Waals surface area contributed by atoms with Gasteiger partial charge in [-0.05, 0) is 19.4 Å². The molecule has 0 radical (unpaired) electrons. The van der Waals surface area contributed by atoms with E-state index in [1.165, 1.54) is 0 Å². The molecule has 0 aliphatic carbocycles. The Kier molecular flexibility index (Phi) is 6.89. The number of ether oxygens (including phenoxy) is 1. The zero-order valence-electron chi connectivity index (χ0n) is 6.86. The van der Waals surface area contributed by atoms with E-state index in [1.807, 2.05) is 14.9 Å². The maximum absolute atomic E-state index is 5.36. The van der Waals surface area contributed by atoms with Crippen LogP contribution in [0.25, 0.3) is 0 Å². The van der Waals surface area contributed by atoms with Crippen LogP contribution in [-0.4, -0.2) is 24.7 Å². The minimum Gasteiger partial charge on any atom is -0.368 e. The number of rotatable bonds is 5. The molecule has 0 amide bonds. The van der Waals surface area contributed by atoms with E-state index in [1.54, 1.807) is 0 Å². The van der Waals surface area contributed by atoms with E-state index in [0.29, 0.717) is 10.2 Å². The zero-order valence-corrected chi connectivity index (χ0v) is 9.01. The van der Waals surface area contributed by atoms with Gasteiger partial charge in [0.25, 0.3) is 0 Å². The van der Waals surface area contributed by atoms with Gasteiger partial charge >= 0.3 is 0 Å². The molecular formula is C6H15BINO. The van der Waals surface area contributed by atoms with Crippen LogP contribution >= 0.6 is 22.6 Å². The third-order valence-electron chi connectivity index (χ3n) is 1.39. The summed E-state index contributed by atoms with van der Waals surface area (Å²) in [6.45, 7) is 5.05. The molecule has 2 nitrogen and oxygen atoms in total. The van der Waals surface area contributed by atoms with E-state index in [0.717, 1.165) is 13.0 Å². The molecule has 0 aliphatic heterocycles. The summed E-state index contributed by atoms with van der Waals surface area (Å²) >= 11 is 2.26. The molecule has 0 spiro atoms. The van der Waals surface area contributed by atoms with Crippen LogP contribution in [0.15, 0.2) is 0 Å². The van der Waals surface area contributed by atoms with Crippen LogP contribution < -0.4 is 5.23 Å². The van der Waals surface area contributed by atoms with Crippen LogP contribution in [0, 0.1) is 0 Å². The highest BCUT2D eigenvalue weighted by atomic mass is 127. The first-order valence-electron chi connectivity index (χ1n) is 3.59. The molecule has 0 heterocycles. The first-order chi connectivity index (χ1) is 4.66. The first kappa shape index (κ1) is 10.7. The van der Waals surface area contributed by atoms with Gasteiger partial charge in [0.05, 0.1) is 0 Å². The van der Waals surface area contributed by atoms with Crippen molar-refractivity contribution in [1.82, 2.24) is 5.23 Å². The lowest BCUT2D eigenvalue weighted by molar-refractivity contribution is 0.127. The van der Waals surface area contributed by atoms with Crippen LogP contribution in [0.1, 0.15) is 20.3 Å². The van der Waals surface area contributed by atoms with Gasteiger partial charge in [-0.1, -0.05) is 29.5 Å². The highest BCUT2D eigenvalue weighted by Gasteiger charge is 1.98. The van der Waals surface area contributed by atoms with Crippen molar-refractivity contribution in [2.75, 3.05) is 6.61 Å². The van der Waals surface area contributed by atoms with Crippen molar-refractivity contribution in [2.24, 2.45) is 0 Å². The van der Waals surface area contributed by atoms with Gasteiger partial charge in [0.1, 0.15) is 4.11 Å². The van der Waals surface area contributed by atoms with Gasteiger partial charge in [-0.2, -0.15) is 0 Å². The van der Waals surface area contributed by atoms with Crippen LogP contribution in [-0.2, 0) is 4.74 Å². The summed E-state index contributed by atoms with van der Waals surface area (Å²) < 4.78 is 5.70. The second-order valence-corrected chi connectivity index (χ2v) is 4.15. The fourth-order valence-electron chi connectivity index (χ4n) is 0.552. The highest BCUT2D eigenvalue weighted by molar-refractivity contribution is 14.1. The minimum atomic E-state index is 0.335. The quantitative estimate of drug-likeness (QED) is 0.443. The average molecular weight is 255 g/mol. The van der Waals surface area contributed by atoms with E-state index in [-0.39, 0.29) is 0 Å². The summed E-state index contributed by atoms with van der Waals surface area (Å²) in [5.74, 6) is 0. The predicted octanol–water partition coefficient (Wildman–Crippen LogP) is 0.700. The lowest BCUT2D eigenvalue weighted by atomic mass is 10.2. The van der Waals surface area contributed by atoms with E-state index in [2.05, 4.69) is 34.7 Å². The molecule has 0 bridgehead atoms. The largest absolute Gasteiger partial charge is 0.368 e. The molecule has 2 atom stereocenters. The van der Waals surface area contributed by atoms with Crippen LogP contribution in [0.3, 0.4) is 0 Å². The number of halogens is 1. The Morgan fingerprint density at radius 3 is 2.60 bits per heavy atom. The smallest absolute Gasteiger partial charge is 0.182 e.